The summed E-state index contributed by atoms with van der Waals surface area (Å²) in [5.41, 5.74) is 3.03. The Morgan fingerprint density at radius 1 is 1.04 bits per heavy atom. The molecule has 0 saturated carbocycles. The minimum atomic E-state index is -0.990. The van der Waals surface area contributed by atoms with E-state index >= 15 is 0 Å². The first-order valence-electron chi connectivity index (χ1n) is 7.29. The Hall–Kier alpha value is -2.82. The van der Waals surface area contributed by atoms with Crippen molar-refractivity contribution >= 4 is 11.6 Å². The van der Waals surface area contributed by atoms with Gasteiger partial charge < -0.3 is 9.51 Å². The summed E-state index contributed by atoms with van der Waals surface area (Å²) in [6.07, 6.45) is 5.46. The first-order chi connectivity index (χ1) is 11.7. The standard InChI is InChI=1S/C13H9N2.C6H5NO2.Ir/c1-2-6-11(7-3-1)12-10-15-9-5-4-8-13(15)14-12;8-6(9)5-3-1-2-4-7-5;/h1-6,8-10H;1-4H,(H,8,9);/q-1;;. The molecule has 3 aromatic heterocycles. The number of carbonyl (C=O) groups is 1. The summed E-state index contributed by atoms with van der Waals surface area (Å²) in [4.78, 5) is 18.2. The fourth-order valence-corrected chi connectivity index (χ4v) is 2.11. The second-order valence-electron chi connectivity index (χ2n) is 4.89. The number of fused-ring (bicyclic) bond motifs is 1. The van der Waals surface area contributed by atoms with Crippen LogP contribution in [0.25, 0.3) is 16.9 Å². The van der Waals surface area contributed by atoms with E-state index < -0.39 is 5.97 Å². The minimum Gasteiger partial charge on any atom is -0.477 e. The number of hydrogen-bond donors (Lipinski definition) is 1. The van der Waals surface area contributed by atoms with Gasteiger partial charge in [-0.3, -0.25) is 4.98 Å². The molecule has 0 fully saturated rings. The van der Waals surface area contributed by atoms with Crippen LogP contribution in [0.15, 0.2) is 79.3 Å². The smallest absolute Gasteiger partial charge is 0.354 e. The molecule has 0 unspecified atom stereocenters. The van der Waals surface area contributed by atoms with Gasteiger partial charge in [0.15, 0.2) is 0 Å². The fourth-order valence-electron chi connectivity index (χ4n) is 2.11. The van der Waals surface area contributed by atoms with Crippen LogP contribution in [0.4, 0.5) is 0 Å². The zero-order valence-corrected chi connectivity index (χ0v) is 15.4. The van der Waals surface area contributed by atoms with Gasteiger partial charge in [0.05, 0.1) is 0 Å². The number of aromatic carboxylic acids is 1. The van der Waals surface area contributed by atoms with Crippen molar-refractivity contribution in [3.05, 3.63) is 91.0 Å². The SMILES string of the molecule is O=C(O)c1ccccn1.[Ir].[c-]1ccccc1-c1cn2ccccc2n1. The van der Waals surface area contributed by atoms with Gasteiger partial charge in [-0.25, -0.2) is 9.78 Å². The van der Waals surface area contributed by atoms with Gasteiger partial charge in [0.2, 0.25) is 0 Å². The third-order valence-electron chi connectivity index (χ3n) is 3.23. The summed E-state index contributed by atoms with van der Waals surface area (Å²) in [5.74, 6) is -0.990. The van der Waals surface area contributed by atoms with Crippen molar-refractivity contribution in [2.45, 2.75) is 0 Å². The molecule has 4 aromatic rings. The van der Waals surface area contributed by atoms with Crippen molar-refractivity contribution < 1.29 is 30.0 Å². The summed E-state index contributed by atoms with van der Waals surface area (Å²) in [6, 6.07) is 21.8. The van der Waals surface area contributed by atoms with E-state index in [1.165, 1.54) is 12.3 Å². The molecule has 6 heteroatoms. The van der Waals surface area contributed by atoms with Crippen LogP contribution in [0.5, 0.6) is 0 Å². The number of benzene rings is 1. The molecule has 1 aromatic carbocycles. The van der Waals surface area contributed by atoms with Gasteiger partial charge in [0.1, 0.15) is 11.3 Å². The molecule has 0 aliphatic carbocycles. The van der Waals surface area contributed by atoms with Crippen LogP contribution in [-0.4, -0.2) is 25.4 Å². The van der Waals surface area contributed by atoms with Gasteiger partial charge in [-0.05, 0) is 30.5 Å². The van der Waals surface area contributed by atoms with Gasteiger partial charge in [0.25, 0.3) is 0 Å². The maximum Gasteiger partial charge on any atom is 0.354 e. The number of aromatic nitrogens is 3. The van der Waals surface area contributed by atoms with E-state index in [-0.39, 0.29) is 25.8 Å². The molecule has 0 atom stereocenters. The quantitative estimate of drug-likeness (QED) is 0.421. The van der Waals surface area contributed by atoms with E-state index in [4.69, 9.17) is 5.11 Å². The van der Waals surface area contributed by atoms with Gasteiger partial charge in [-0.2, -0.15) is 0 Å². The van der Waals surface area contributed by atoms with Gasteiger partial charge in [0, 0.05) is 38.2 Å². The number of carboxylic acids is 1. The number of hydrogen-bond acceptors (Lipinski definition) is 3. The van der Waals surface area contributed by atoms with E-state index in [2.05, 4.69) is 16.0 Å². The molecule has 0 aliphatic heterocycles. The van der Waals surface area contributed by atoms with E-state index in [1.807, 2.05) is 59.3 Å². The summed E-state index contributed by atoms with van der Waals surface area (Å²) in [6.45, 7) is 0. The maximum absolute atomic E-state index is 10.1. The van der Waals surface area contributed by atoms with Crippen molar-refractivity contribution in [3.63, 3.8) is 0 Å². The summed E-state index contributed by atoms with van der Waals surface area (Å²) < 4.78 is 2.01. The molecule has 5 nitrogen and oxygen atoms in total. The largest absolute Gasteiger partial charge is 0.477 e. The van der Waals surface area contributed by atoms with Crippen LogP contribution < -0.4 is 0 Å². The Morgan fingerprint density at radius 3 is 2.44 bits per heavy atom. The molecule has 0 bridgehead atoms. The summed E-state index contributed by atoms with van der Waals surface area (Å²) in [5, 5.41) is 8.32. The van der Waals surface area contributed by atoms with E-state index in [0.717, 1.165) is 16.9 Å². The second-order valence-corrected chi connectivity index (χ2v) is 4.89. The zero-order valence-electron chi connectivity index (χ0n) is 13.0. The molecule has 0 amide bonds. The molecule has 3 heterocycles. The van der Waals surface area contributed by atoms with Gasteiger partial charge in [-0.15, -0.1) is 35.9 Å². The van der Waals surface area contributed by atoms with Crippen molar-refractivity contribution in [1.82, 2.24) is 14.4 Å². The molecule has 127 valence electrons. The normalized spacial score (nSPS) is 9.60. The first-order valence-corrected chi connectivity index (χ1v) is 7.29. The van der Waals surface area contributed by atoms with Crippen LogP contribution in [0.2, 0.25) is 0 Å². The first kappa shape index (κ1) is 18.5. The van der Waals surface area contributed by atoms with Crippen LogP contribution >= 0.6 is 0 Å². The monoisotopic (exact) mass is 509 g/mol. The second kappa shape index (κ2) is 8.87. The Morgan fingerprint density at radius 2 is 1.84 bits per heavy atom. The average Bonchev–Trinajstić information content (AvgIpc) is 3.08. The van der Waals surface area contributed by atoms with Crippen LogP contribution in [0.3, 0.4) is 0 Å². The van der Waals surface area contributed by atoms with Crippen LogP contribution in [0, 0.1) is 6.07 Å². The van der Waals surface area contributed by atoms with Crippen molar-refractivity contribution in [3.8, 4) is 11.3 Å². The zero-order chi connectivity index (χ0) is 16.8. The predicted molar refractivity (Wildman–Crippen MR) is 90.7 cm³/mol. The van der Waals surface area contributed by atoms with E-state index in [9.17, 15) is 4.79 Å². The van der Waals surface area contributed by atoms with Crippen molar-refractivity contribution in [2.24, 2.45) is 0 Å². The van der Waals surface area contributed by atoms with E-state index in [0.29, 0.717) is 0 Å². The van der Waals surface area contributed by atoms with Crippen LogP contribution in [-0.2, 0) is 20.1 Å². The molecule has 1 radical (unpaired) electrons. The molecule has 0 spiro atoms. The number of pyridine rings is 2. The Kier molecular flexibility index (Phi) is 6.57. The van der Waals surface area contributed by atoms with Crippen molar-refractivity contribution in [1.29, 1.82) is 0 Å². The number of imidazole rings is 1. The number of rotatable bonds is 2. The third-order valence-corrected chi connectivity index (χ3v) is 3.23. The molecule has 1 N–H and O–H groups in total. The molecule has 0 saturated heterocycles. The summed E-state index contributed by atoms with van der Waals surface area (Å²) in [7, 11) is 0. The topological polar surface area (TPSA) is 67.5 Å². The predicted octanol–water partition coefficient (Wildman–Crippen LogP) is 3.58. The van der Waals surface area contributed by atoms with Gasteiger partial charge >= 0.3 is 5.97 Å². The Bertz CT molecular complexity index is 907. The molecular weight excluding hydrogens is 494 g/mol. The number of nitrogens with zero attached hydrogens (tertiary/aromatic N) is 3. The summed E-state index contributed by atoms with van der Waals surface area (Å²) >= 11 is 0. The molecular formula is C19H14IrN3O2-. The minimum absolute atomic E-state index is 0. The molecule has 25 heavy (non-hydrogen) atoms. The van der Waals surface area contributed by atoms with Crippen molar-refractivity contribution in [2.75, 3.05) is 0 Å². The number of carboxylic acid groups (broad SMARTS) is 1. The average molecular weight is 509 g/mol. The molecule has 0 aliphatic rings. The maximum atomic E-state index is 10.1. The van der Waals surface area contributed by atoms with Crippen LogP contribution in [0.1, 0.15) is 10.5 Å². The Balaban J connectivity index is 0.000000196. The molecule has 4 rings (SSSR count). The van der Waals surface area contributed by atoms with Gasteiger partial charge in [-0.1, -0.05) is 12.1 Å². The Labute approximate surface area is 158 Å². The third kappa shape index (κ3) is 4.83. The fraction of sp³-hybridized carbons (Fsp3) is 0. The van der Waals surface area contributed by atoms with E-state index in [1.54, 1.807) is 12.1 Å².